The molecule has 0 fully saturated rings. The van der Waals surface area contributed by atoms with Gasteiger partial charge in [-0.25, -0.2) is 4.68 Å². The first-order valence-corrected chi connectivity index (χ1v) is 5.38. The van der Waals surface area contributed by atoms with Gasteiger partial charge >= 0.3 is 0 Å². The van der Waals surface area contributed by atoms with E-state index in [4.69, 9.17) is 0 Å². The van der Waals surface area contributed by atoms with Crippen LogP contribution in [0.4, 0.5) is 5.95 Å². The summed E-state index contributed by atoms with van der Waals surface area (Å²) in [5.41, 5.74) is 0. The minimum atomic E-state index is 0. The van der Waals surface area contributed by atoms with E-state index in [1.54, 1.807) is 0 Å². The highest BCUT2D eigenvalue weighted by molar-refractivity contribution is 5.85. The maximum atomic E-state index is 3.93. The Balaban J connectivity index is 0.00000196. The molecule has 0 atom stereocenters. The van der Waals surface area contributed by atoms with Gasteiger partial charge in [-0.3, -0.25) is 0 Å². The van der Waals surface area contributed by atoms with Gasteiger partial charge in [-0.2, -0.15) is 0 Å². The normalized spacial score (nSPS) is 9.73. The van der Waals surface area contributed by atoms with Crippen molar-refractivity contribution in [2.75, 3.05) is 11.9 Å². The number of hydrogen-bond acceptors (Lipinski definition) is 4. The molecular formula is C9H20ClN5. The zero-order chi connectivity index (χ0) is 10.2. The lowest BCUT2D eigenvalue weighted by atomic mass is 10.3. The summed E-state index contributed by atoms with van der Waals surface area (Å²) < 4.78 is 1.83. The van der Waals surface area contributed by atoms with E-state index < -0.39 is 0 Å². The summed E-state index contributed by atoms with van der Waals surface area (Å²) in [4.78, 5) is 0. The minimum absolute atomic E-state index is 0. The van der Waals surface area contributed by atoms with Crippen LogP contribution >= 0.6 is 12.4 Å². The molecule has 0 aliphatic carbocycles. The fourth-order valence-corrected chi connectivity index (χ4v) is 1.17. The average molecular weight is 234 g/mol. The third kappa shape index (κ3) is 4.97. The van der Waals surface area contributed by atoms with Crippen molar-refractivity contribution in [2.45, 2.75) is 46.1 Å². The van der Waals surface area contributed by atoms with Crippen LogP contribution in [-0.4, -0.2) is 26.8 Å². The lowest BCUT2D eigenvalue weighted by Gasteiger charge is -2.05. The molecule has 1 aromatic heterocycles. The van der Waals surface area contributed by atoms with Crippen molar-refractivity contribution in [2.24, 2.45) is 0 Å². The van der Waals surface area contributed by atoms with Crippen LogP contribution in [0.1, 0.15) is 39.5 Å². The van der Waals surface area contributed by atoms with Gasteiger partial charge in [-0.15, -0.1) is 12.4 Å². The van der Waals surface area contributed by atoms with Crippen LogP contribution < -0.4 is 5.32 Å². The molecule has 0 aliphatic rings. The molecule has 88 valence electrons. The molecule has 1 aromatic rings. The van der Waals surface area contributed by atoms with E-state index in [2.05, 4.69) is 34.7 Å². The first kappa shape index (κ1) is 14.2. The molecule has 0 saturated carbocycles. The van der Waals surface area contributed by atoms with Gasteiger partial charge in [0.2, 0.25) is 5.95 Å². The first-order valence-electron chi connectivity index (χ1n) is 5.38. The summed E-state index contributed by atoms with van der Waals surface area (Å²) in [6, 6.07) is 0. The lowest BCUT2D eigenvalue weighted by Crippen LogP contribution is -2.10. The third-order valence-electron chi connectivity index (χ3n) is 2.07. The van der Waals surface area contributed by atoms with E-state index in [1.807, 2.05) is 4.68 Å². The molecule has 0 aromatic carbocycles. The van der Waals surface area contributed by atoms with Gasteiger partial charge < -0.3 is 5.32 Å². The highest BCUT2D eigenvalue weighted by Gasteiger charge is 2.02. The largest absolute Gasteiger partial charge is 0.353 e. The molecular weight excluding hydrogens is 214 g/mol. The Bertz CT molecular complexity index is 250. The Kier molecular flexibility index (Phi) is 7.99. The van der Waals surface area contributed by atoms with E-state index in [0.29, 0.717) is 0 Å². The van der Waals surface area contributed by atoms with Crippen molar-refractivity contribution in [3.63, 3.8) is 0 Å². The molecule has 0 aliphatic heterocycles. The van der Waals surface area contributed by atoms with Crippen molar-refractivity contribution in [3.8, 4) is 0 Å². The molecule has 0 unspecified atom stereocenters. The predicted molar refractivity (Wildman–Crippen MR) is 63.4 cm³/mol. The zero-order valence-electron chi connectivity index (χ0n) is 9.44. The Morgan fingerprint density at radius 2 is 1.93 bits per heavy atom. The van der Waals surface area contributed by atoms with Crippen molar-refractivity contribution in [3.05, 3.63) is 0 Å². The van der Waals surface area contributed by atoms with Gasteiger partial charge in [0.15, 0.2) is 0 Å². The molecule has 0 amide bonds. The minimum Gasteiger partial charge on any atom is -0.353 e. The molecule has 6 heteroatoms. The maximum absolute atomic E-state index is 3.93. The summed E-state index contributed by atoms with van der Waals surface area (Å²) in [7, 11) is 0. The quantitative estimate of drug-likeness (QED) is 0.733. The molecule has 1 rings (SSSR count). The standard InChI is InChI=1S/C9H19N5.ClH/c1-3-5-7-10-9-11-12-13-14(9)8-6-4-2;/h3-8H2,1-2H3,(H,10,11,13);1H. The molecule has 15 heavy (non-hydrogen) atoms. The highest BCUT2D eigenvalue weighted by atomic mass is 35.5. The number of nitrogens with one attached hydrogen (secondary N) is 1. The number of rotatable bonds is 7. The number of hydrogen-bond donors (Lipinski definition) is 1. The van der Waals surface area contributed by atoms with E-state index in [-0.39, 0.29) is 12.4 Å². The van der Waals surface area contributed by atoms with Gasteiger partial charge in [-0.05, 0) is 23.3 Å². The number of nitrogens with zero attached hydrogens (tertiary/aromatic N) is 4. The topological polar surface area (TPSA) is 55.6 Å². The number of aryl methyl sites for hydroxylation is 1. The smallest absolute Gasteiger partial charge is 0.242 e. The van der Waals surface area contributed by atoms with Crippen molar-refractivity contribution in [1.29, 1.82) is 0 Å². The fourth-order valence-electron chi connectivity index (χ4n) is 1.17. The molecule has 0 radical (unpaired) electrons. The summed E-state index contributed by atoms with van der Waals surface area (Å²) in [5.74, 6) is 0.798. The number of unbranched alkanes of at least 4 members (excludes halogenated alkanes) is 2. The third-order valence-corrected chi connectivity index (χ3v) is 2.07. The van der Waals surface area contributed by atoms with E-state index >= 15 is 0 Å². The van der Waals surface area contributed by atoms with E-state index in [1.165, 1.54) is 6.42 Å². The lowest BCUT2D eigenvalue weighted by molar-refractivity contribution is 0.556. The first-order chi connectivity index (χ1) is 6.88. The second-order valence-corrected chi connectivity index (χ2v) is 3.36. The number of halogens is 1. The monoisotopic (exact) mass is 233 g/mol. The van der Waals surface area contributed by atoms with Gasteiger partial charge in [0.1, 0.15) is 0 Å². The SMILES string of the molecule is CCCCNc1nnnn1CCCC.Cl. The Hall–Kier alpha value is -0.840. The van der Waals surface area contributed by atoms with Crippen molar-refractivity contribution >= 4 is 18.4 Å². The number of tetrazole rings is 1. The van der Waals surface area contributed by atoms with Crippen LogP contribution in [0.25, 0.3) is 0 Å². The van der Waals surface area contributed by atoms with Crippen LogP contribution in [0, 0.1) is 0 Å². The fraction of sp³-hybridized carbons (Fsp3) is 0.889. The Labute approximate surface area is 97.0 Å². The average Bonchev–Trinajstić information content (AvgIpc) is 2.63. The Morgan fingerprint density at radius 3 is 2.60 bits per heavy atom. The van der Waals surface area contributed by atoms with Gasteiger partial charge in [0.05, 0.1) is 0 Å². The Morgan fingerprint density at radius 1 is 1.20 bits per heavy atom. The molecule has 0 saturated heterocycles. The van der Waals surface area contributed by atoms with Crippen LogP contribution in [0.3, 0.4) is 0 Å². The number of aromatic nitrogens is 4. The predicted octanol–water partition coefficient (Wildman–Crippen LogP) is 2.11. The zero-order valence-corrected chi connectivity index (χ0v) is 10.3. The molecule has 0 bridgehead atoms. The van der Waals surface area contributed by atoms with Crippen LogP contribution in [-0.2, 0) is 6.54 Å². The second kappa shape index (κ2) is 8.47. The highest BCUT2D eigenvalue weighted by Crippen LogP contribution is 2.02. The summed E-state index contributed by atoms with van der Waals surface area (Å²) >= 11 is 0. The maximum Gasteiger partial charge on any atom is 0.242 e. The summed E-state index contributed by atoms with van der Waals surface area (Å²) in [6.07, 6.45) is 4.62. The van der Waals surface area contributed by atoms with E-state index in [0.717, 1.165) is 38.3 Å². The van der Waals surface area contributed by atoms with E-state index in [9.17, 15) is 0 Å². The molecule has 1 N–H and O–H groups in total. The summed E-state index contributed by atoms with van der Waals surface area (Å²) in [6.45, 7) is 6.18. The van der Waals surface area contributed by atoms with Gasteiger partial charge in [-0.1, -0.05) is 31.8 Å². The summed E-state index contributed by atoms with van der Waals surface area (Å²) in [5, 5.41) is 14.7. The van der Waals surface area contributed by atoms with Crippen molar-refractivity contribution < 1.29 is 0 Å². The van der Waals surface area contributed by atoms with Crippen LogP contribution in [0.15, 0.2) is 0 Å². The van der Waals surface area contributed by atoms with Gasteiger partial charge in [0, 0.05) is 13.1 Å². The molecule has 5 nitrogen and oxygen atoms in total. The molecule has 0 spiro atoms. The molecule has 1 heterocycles. The van der Waals surface area contributed by atoms with Crippen molar-refractivity contribution in [1.82, 2.24) is 20.2 Å². The van der Waals surface area contributed by atoms with Crippen LogP contribution in [0.5, 0.6) is 0 Å². The number of anilines is 1. The van der Waals surface area contributed by atoms with Gasteiger partial charge in [0.25, 0.3) is 0 Å². The van der Waals surface area contributed by atoms with Crippen LogP contribution in [0.2, 0.25) is 0 Å². The second-order valence-electron chi connectivity index (χ2n) is 3.36.